The Labute approximate surface area is 153 Å². The normalized spacial score (nSPS) is 11.3. The number of nitriles is 1. The predicted molar refractivity (Wildman–Crippen MR) is 103 cm³/mol. The average molecular weight is 428 g/mol. The summed E-state index contributed by atoms with van der Waals surface area (Å²) in [5.41, 5.74) is 3.08. The van der Waals surface area contributed by atoms with E-state index in [9.17, 15) is 4.79 Å². The lowest BCUT2D eigenvalue weighted by Gasteiger charge is -2.04. The molecule has 1 aromatic heterocycles. The molecule has 0 radical (unpaired) electrons. The van der Waals surface area contributed by atoms with Crippen LogP contribution in [0.3, 0.4) is 0 Å². The number of rotatable bonds is 3. The first-order valence-corrected chi connectivity index (χ1v) is 8.28. The third-order valence-corrected chi connectivity index (χ3v) is 4.50. The molecule has 0 aliphatic rings. The number of hydrogen-bond acceptors (Lipinski definition) is 3. The molecule has 0 N–H and O–H groups in total. The Morgan fingerprint density at radius 3 is 2.58 bits per heavy atom. The van der Waals surface area contributed by atoms with Gasteiger partial charge in [-0.05, 0) is 52.4 Å². The van der Waals surface area contributed by atoms with Crippen molar-refractivity contribution < 1.29 is 9.53 Å². The van der Waals surface area contributed by atoms with Crippen LogP contribution in [0.4, 0.5) is 0 Å². The molecule has 3 aromatic rings. The van der Waals surface area contributed by atoms with Gasteiger partial charge in [-0.2, -0.15) is 5.26 Å². The van der Waals surface area contributed by atoms with Crippen molar-refractivity contribution in [1.82, 2.24) is 4.57 Å². The molecule has 3 rings (SSSR count). The van der Waals surface area contributed by atoms with Crippen molar-refractivity contribution in [2.45, 2.75) is 0 Å². The minimum absolute atomic E-state index is 0.354. The maximum absolute atomic E-state index is 12.0. The molecule has 0 bridgehead atoms. The number of ether oxygens (including phenoxy) is 1. The summed E-state index contributed by atoms with van der Waals surface area (Å²) in [6.45, 7) is 0. The number of benzene rings is 2. The number of hydrogen-bond donors (Lipinski definition) is 0. The number of halogens is 1. The Morgan fingerprint density at radius 1 is 1.21 bits per heavy atom. The number of esters is 1. The van der Waals surface area contributed by atoms with E-state index in [1.807, 2.05) is 47.0 Å². The maximum atomic E-state index is 12.0. The van der Waals surface area contributed by atoms with Gasteiger partial charge in [0.25, 0.3) is 0 Å². The SMILES string of the molecule is COC(=O)c1cn(/C(I)=C\c2ccc(C#N)cc2)c2ccccc12. The third-order valence-electron chi connectivity index (χ3n) is 3.67. The fraction of sp³-hybridized carbons (Fsp3) is 0.0526. The quantitative estimate of drug-likeness (QED) is 0.449. The molecule has 0 unspecified atom stereocenters. The Bertz CT molecular complexity index is 979. The fourth-order valence-corrected chi connectivity index (χ4v) is 3.25. The van der Waals surface area contributed by atoms with Crippen LogP contribution in [0.2, 0.25) is 0 Å². The lowest BCUT2D eigenvalue weighted by atomic mass is 10.1. The fourth-order valence-electron chi connectivity index (χ4n) is 2.49. The zero-order valence-electron chi connectivity index (χ0n) is 12.9. The van der Waals surface area contributed by atoms with Crippen LogP contribution < -0.4 is 0 Å². The van der Waals surface area contributed by atoms with Gasteiger partial charge in [0.15, 0.2) is 0 Å². The molecule has 0 amide bonds. The second-order valence-electron chi connectivity index (χ2n) is 5.12. The highest BCUT2D eigenvalue weighted by molar-refractivity contribution is 14.1. The van der Waals surface area contributed by atoms with Gasteiger partial charge in [0.05, 0.1) is 33.5 Å². The van der Waals surface area contributed by atoms with E-state index in [4.69, 9.17) is 10.00 Å². The molecular weight excluding hydrogens is 415 g/mol. The van der Waals surface area contributed by atoms with Gasteiger partial charge in [0, 0.05) is 11.6 Å². The van der Waals surface area contributed by atoms with Gasteiger partial charge < -0.3 is 9.30 Å². The van der Waals surface area contributed by atoms with Gasteiger partial charge in [-0.25, -0.2) is 4.79 Å². The van der Waals surface area contributed by atoms with Crippen molar-refractivity contribution >= 4 is 49.2 Å². The maximum Gasteiger partial charge on any atom is 0.340 e. The van der Waals surface area contributed by atoms with Crippen LogP contribution in [0.5, 0.6) is 0 Å². The summed E-state index contributed by atoms with van der Waals surface area (Å²) < 4.78 is 7.77. The zero-order chi connectivity index (χ0) is 17.1. The molecule has 0 spiro atoms. The topological polar surface area (TPSA) is 55.0 Å². The second-order valence-corrected chi connectivity index (χ2v) is 6.23. The van der Waals surface area contributed by atoms with Crippen molar-refractivity contribution in [3.63, 3.8) is 0 Å². The van der Waals surface area contributed by atoms with E-state index in [1.165, 1.54) is 7.11 Å². The van der Waals surface area contributed by atoms with Gasteiger partial charge in [-0.1, -0.05) is 30.3 Å². The van der Waals surface area contributed by atoms with E-state index in [0.717, 1.165) is 20.2 Å². The summed E-state index contributed by atoms with van der Waals surface area (Å²) in [4.78, 5) is 12.0. The molecule has 0 saturated heterocycles. The number of nitrogens with zero attached hydrogens (tertiary/aromatic N) is 2. The number of fused-ring (bicyclic) bond motifs is 1. The summed E-state index contributed by atoms with van der Waals surface area (Å²) >= 11 is 2.23. The molecule has 0 atom stereocenters. The van der Waals surface area contributed by atoms with Gasteiger partial charge >= 0.3 is 5.97 Å². The highest BCUT2D eigenvalue weighted by Crippen LogP contribution is 2.29. The van der Waals surface area contributed by atoms with Crippen LogP contribution in [0.1, 0.15) is 21.5 Å². The second kappa shape index (κ2) is 6.89. The van der Waals surface area contributed by atoms with E-state index in [0.29, 0.717) is 11.1 Å². The van der Waals surface area contributed by atoms with Crippen LogP contribution in [-0.4, -0.2) is 17.6 Å². The smallest absolute Gasteiger partial charge is 0.340 e. The highest BCUT2D eigenvalue weighted by Gasteiger charge is 2.16. The Hall–Kier alpha value is -2.59. The minimum Gasteiger partial charge on any atom is -0.465 e. The highest BCUT2D eigenvalue weighted by atomic mass is 127. The van der Waals surface area contributed by atoms with Crippen molar-refractivity contribution in [2.75, 3.05) is 7.11 Å². The van der Waals surface area contributed by atoms with Crippen LogP contribution in [0.25, 0.3) is 20.7 Å². The lowest BCUT2D eigenvalue weighted by Crippen LogP contribution is -1.99. The Morgan fingerprint density at radius 2 is 1.92 bits per heavy atom. The van der Waals surface area contributed by atoms with E-state index in [-0.39, 0.29) is 5.97 Å². The van der Waals surface area contributed by atoms with Gasteiger partial charge in [0.2, 0.25) is 0 Å². The van der Waals surface area contributed by atoms with Crippen LogP contribution in [0.15, 0.2) is 54.7 Å². The predicted octanol–water partition coefficient (Wildman–Crippen LogP) is 4.69. The molecule has 5 heteroatoms. The van der Waals surface area contributed by atoms with Gasteiger partial charge in [-0.3, -0.25) is 0 Å². The molecule has 2 aromatic carbocycles. The number of carbonyl (C=O) groups is 1. The molecule has 118 valence electrons. The Kier molecular flexibility index (Phi) is 4.67. The van der Waals surface area contributed by atoms with Crippen molar-refractivity contribution in [3.05, 3.63) is 71.4 Å². The summed E-state index contributed by atoms with van der Waals surface area (Å²) in [6, 6.07) is 17.2. The summed E-state index contributed by atoms with van der Waals surface area (Å²) in [5.74, 6) is -0.354. The molecule has 0 aliphatic heterocycles. The van der Waals surface area contributed by atoms with Gasteiger partial charge in [-0.15, -0.1) is 0 Å². The van der Waals surface area contributed by atoms with E-state index in [2.05, 4.69) is 28.7 Å². The zero-order valence-corrected chi connectivity index (χ0v) is 15.0. The summed E-state index contributed by atoms with van der Waals surface area (Å²) in [7, 11) is 1.38. The first-order valence-electron chi connectivity index (χ1n) is 7.20. The molecular formula is C19H13IN2O2. The molecule has 0 saturated carbocycles. The number of para-hydroxylation sites is 1. The monoisotopic (exact) mass is 428 g/mol. The largest absolute Gasteiger partial charge is 0.465 e. The number of carbonyl (C=O) groups excluding carboxylic acids is 1. The number of aromatic nitrogens is 1. The molecule has 4 nitrogen and oxygen atoms in total. The molecule has 24 heavy (non-hydrogen) atoms. The standard InChI is InChI=1S/C19H13IN2O2/c1-24-19(23)16-12-22(17-5-3-2-4-15(16)17)18(20)10-13-6-8-14(11-21)9-7-13/h2-10,12H,1H3/b18-10-. The molecule has 0 fully saturated rings. The first kappa shape index (κ1) is 16.3. The molecule has 1 heterocycles. The third kappa shape index (κ3) is 3.05. The van der Waals surface area contributed by atoms with Crippen molar-refractivity contribution in [1.29, 1.82) is 5.26 Å². The van der Waals surface area contributed by atoms with Crippen LogP contribution in [-0.2, 0) is 4.74 Å². The Balaban J connectivity index is 2.09. The summed E-state index contributed by atoms with van der Waals surface area (Å²) in [5, 5.41) is 9.72. The van der Waals surface area contributed by atoms with Crippen molar-refractivity contribution in [3.8, 4) is 6.07 Å². The molecule has 0 aliphatic carbocycles. The van der Waals surface area contributed by atoms with Crippen LogP contribution in [0, 0.1) is 11.3 Å². The van der Waals surface area contributed by atoms with Crippen LogP contribution >= 0.6 is 22.6 Å². The van der Waals surface area contributed by atoms with E-state index >= 15 is 0 Å². The summed E-state index contributed by atoms with van der Waals surface area (Å²) in [6.07, 6.45) is 3.79. The van der Waals surface area contributed by atoms with Crippen molar-refractivity contribution in [2.24, 2.45) is 0 Å². The lowest BCUT2D eigenvalue weighted by molar-refractivity contribution is 0.0603. The van der Waals surface area contributed by atoms with E-state index < -0.39 is 0 Å². The number of methoxy groups -OCH3 is 1. The average Bonchev–Trinajstić information content (AvgIpc) is 3.01. The minimum atomic E-state index is -0.354. The first-order chi connectivity index (χ1) is 11.6. The van der Waals surface area contributed by atoms with E-state index in [1.54, 1.807) is 18.3 Å². The van der Waals surface area contributed by atoms with Gasteiger partial charge in [0.1, 0.15) is 0 Å².